The summed E-state index contributed by atoms with van der Waals surface area (Å²) in [6.07, 6.45) is 0. The number of nitrogens with zero attached hydrogens (tertiary/aromatic N) is 1. The predicted octanol–water partition coefficient (Wildman–Crippen LogP) is 14.4. The molecule has 53 heavy (non-hydrogen) atoms. The first kappa shape index (κ1) is 29.7. The average Bonchev–Trinajstić information content (AvgIpc) is 3.56. The molecule has 1 aromatic heterocycles. The molecule has 246 valence electrons. The summed E-state index contributed by atoms with van der Waals surface area (Å²) in [4.78, 5) is 0. The fraction of sp³-hybridized carbons (Fsp3) is 0. The maximum absolute atomic E-state index is 2.45. The molecule has 0 saturated heterocycles. The normalized spacial score (nSPS) is 11.8. The van der Waals surface area contributed by atoms with Gasteiger partial charge in [0, 0.05) is 16.2 Å². The van der Waals surface area contributed by atoms with Crippen LogP contribution in [0.2, 0.25) is 0 Å². The molecule has 0 fully saturated rings. The molecule has 10 aromatic carbocycles. The minimum atomic E-state index is 1.19. The van der Waals surface area contributed by atoms with E-state index >= 15 is 0 Å². The van der Waals surface area contributed by atoms with Crippen LogP contribution in [0.1, 0.15) is 0 Å². The van der Waals surface area contributed by atoms with Crippen molar-refractivity contribution in [2.75, 3.05) is 0 Å². The van der Waals surface area contributed by atoms with Gasteiger partial charge in [0.2, 0.25) is 0 Å². The molecule has 0 aliphatic carbocycles. The van der Waals surface area contributed by atoms with Gasteiger partial charge < -0.3 is 4.57 Å². The summed E-state index contributed by atoms with van der Waals surface area (Å²) in [6.45, 7) is 0. The lowest BCUT2D eigenvalue weighted by Crippen LogP contribution is -1.97. The fourth-order valence-electron chi connectivity index (χ4n) is 8.91. The molecule has 0 saturated carbocycles. The quantitative estimate of drug-likeness (QED) is 0.164. The Bertz CT molecular complexity index is 3160. The molecule has 1 heterocycles. The number of rotatable bonds is 4. The van der Waals surface area contributed by atoms with Gasteiger partial charge >= 0.3 is 0 Å². The third-order valence-electron chi connectivity index (χ3n) is 11.2. The van der Waals surface area contributed by atoms with Crippen molar-refractivity contribution in [3.8, 4) is 39.1 Å². The number of para-hydroxylation sites is 2. The van der Waals surface area contributed by atoms with Crippen molar-refractivity contribution in [2.45, 2.75) is 0 Å². The highest BCUT2D eigenvalue weighted by Gasteiger charge is 2.21. The lowest BCUT2D eigenvalue weighted by atomic mass is 9.83. The van der Waals surface area contributed by atoms with Crippen LogP contribution in [-0.4, -0.2) is 4.57 Å². The highest BCUT2D eigenvalue weighted by Crippen LogP contribution is 2.47. The molecule has 0 atom stereocenters. The first-order chi connectivity index (χ1) is 26.3. The van der Waals surface area contributed by atoms with E-state index in [0.717, 1.165) is 0 Å². The van der Waals surface area contributed by atoms with E-state index in [9.17, 15) is 0 Å². The van der Waals surface area contributed by atoms with E-state index < -0.39 is 0 Å². The fourth-order valence-corrected chi connectivity index (χ4v) is 8.91. The van der Waals surface area contributed by atoms with E-state index in [-0.39, 0.29) is 0 Å². The van der Waals surface area contributed by atoms with Crippen molar-refractivity contribution in [3.63, 3.8) is 0 Å². The molecular weight excluding hydrogens is 639 g/mol. The molecule has 1 heteroatoms. The van der Waals surface area contributed by atoms with Crippen molar-refractivity contribution in [1.29, 1.82) is 0 Å². The Labute approximate surface area is 307 Å². The summed E-state index contributed by atoms with van der Waals surface area (Å²) in [7, 11) is 0. The molecule has 0 radical (unpaired) electrons. The molecule has 11 rings (SSSR count). The summed E-state index contributed by atoms with van der Waals surface area (Å²) < 4.78 is 2.45. The average molecular weight is 672 g/mol. The smallest absolute Gasteiger partial charge is 0.0541 e. The van der Waals surface area contributed by atoms with Crippen molar-refractivity contribution in [3.05, 3.63) is 200 Å². The van der Waals surface area contributed by atoms with E-state index in [4.69, 9.17) is 0 Å². The summed E-state index contributed by atoms with van der Waals surface area (Å²) in [5, 5.41) is 12.5. The lowest BCUT2D eigenvalue weighted by molar-refractivity contribution is 1.20. The molecule has 0 unspecified atom stereocenters. The van der Waals surface area contributed by atoms with Gasteiger partial charge in [0.1, 0.15) is 0 Å². The van der Waals surface area contributed by atoms with Gasteiger partial charge in [-0.15, -0.1) is 0 Å². The Morgan fingerprint density at radius 3 is 1.55 bits per heavy atom. The van der Waals surface area contributed by atoms with Gasteiger partial charge in [-0.2, -0.15) is 0 Å². The molecule has 0 amide bonds. The van der Waals surface area contributed by atoms with Crippen LogP contribution < -0.4 is 0 Å². The van der Waals surface area contributed by atoms with Gasteiger partial charge in [0.25, 0.3) is 0 Å². The van der Waals surface area contributed by atoms with Crippen LogP contribution in [0.4, 0.5) is 0 Å². The van der Waals surface area contributed by atoms with Crippen LogP contribution in [0.5, 0.6) is 0 Å². The maximum atomic E-state index is 2.45. The molecule has 0 spiro atoms. The zero-order chi connectivity index (χ0) is 34.9. The van der Waals surface area contributed by atoms with Crippen LogP contribution in [0.15, 0.2) is 200 Å². The van der Waals surface area contributed by atoms with Gasteiger partial charge in [0.05, 0.1) is 16.7 Å². The Morgan fingerprint density at radius 2 is 0.811 bits per heavy atom. The largest absolute Gasteiger partial charge is 0.309 e. The molecule has 11 aromatic rings. The van der Waals surface area contributed by atoms with E-state index in [2.05, 4.69) is 205 Å². The Balaban J connectivity index is 1.25. The molecule has 0 aliphatic rings. The maximum Gasteiger partial charge on any atom is 0.0541 e. The zero-order valence-electron chi connectivity index (χ0n) is 29.0. The summed E-state index contributed by atoms with van der Waals surface area (Å²) in [5.41, 5.74) is 11.1. The van der Waals surface area contributed by atoms with Crippen molar-refractivity contribution >= 4 is 64.9 Å². The molecule has 0 aliphatic heterocycles. The predicted molar refractivity (Wildman–Crippen MR) is 227 cm³/mol. The number of aromatic nitrogens is 1. The van der Waals surface area contributed by atoms with E-state index in [1.807, 2.05) is 0 Å². The second-order valence-electron chi connectivity index (χ2n) is 14.0. The third kappa shape index (κ3) is 4.51. The van der Waals surface area contributed by atoms with E-state index in [0.29, 0.717) is 0 Å². The summed E-state index contributed by atoms with van der Waals surface area (Å²) in [6, 6.07) is 73.6. The second kappa shape index (κ2) is 11.8. The standard InChI is InChI=1S/C52H33N/c1-2-16-35(17-3-1)51-43-24-8-9-25-44(43)52(46-30-29-36(33-47(46)51)38-26-14-18-34-15-4-5-19-37(34)38)45-31-32-50(40-21-7-6-20-39(40)45)53-48-27-12-10-22-41(48)42-23-11-13-28-49(42)53/h1-33H. The monoisotopic (exact) mass is 671 g/mol. The minimum Gasteiger partial charge on any atom is -0.309 e. The number of fused-ring (bicyclic) bond motifs is 7. The van der Waals surface area contributed by atoms with Crippen molar-refractivity contribution < 1.29 is 0 Å². The highest BCUT2D eigenvalue weighted by atomic mass is 15.0. The number of hydrogen-bond acceptors (Lipinski definition) is 0. The van der Waals surface area contributed by atoms with Crippen molar-refractivity contribution in [1.82, 2.24) is 4.57 Å². The lowest BCUT2D eigenvalue weighted by Gasteiger charge is -2.21. The van der Waals surface area contributed by atoms with Gasteiger partial charge in [-0.05, 0) is 95.3 Å². The molecule has 1 nitrogen and oxygen atoms in total. The summed E-state index contributed by atoms with van der Waals surface area (Å²) >= 11 is 0. The number of benzene rings is 10. The Kier molecular flexibility index (Phi) is 6.62. The van der Waals surface area contributed by atoms with E-state index in [1.165, 1.54) is 104 Å². The summed E-state index contributed by atoms with van der Waals surface area (Å²) in [5.74, 6) is 0. The topological polar surface area (TPSA) is 4.93 Å². The number of hydrogen-bond donors (Lipinski definition) is 0. The Morgan fingerprint density at radius 1 is 0.264 bits per heavy atom. The zero-order valence-corrected chi connectivity index (χ0v) is 29.0. The SMILES string of the molecule is c1ccc(-c2c3ccccc3c(-c3ccc(-n4c5ccccc5c5ccccc54)c4ccccc34)c3ccc(-c4cccc5ccccc45)cc23)cc1. The van der Waals surface area contributed by atoms with Crippen LogP contribution in [-0.2, 0) is 0 Å². The van der Waals surface area contributed by atoms with Crippen LogP contribution in [0.3, 0.4) is 0 Å². The van der Waals surface area contributed by atoms with Gasteiger partial charge in [-0.25, -0.2) is 0 Å². The first-order valence-corrected chi connectivity index (χ1v) is 18.4. The molecule has 0 bridgehead atoms. The van der Waals surface area contributed by atoms with Gasteiger partial charge in [-0.3, -0.25) is 0 Å². The van der Waals surface area contributed by atoms with Crippen LogP contribution in [0, 0.1) is 0 Å². The first-order valence-electron chi connectivity index (χ1n) is 18.4. The molecular formula is C52H33N. The third-order valence-corrected chi connectivity index (χ3v) is 11.2. The van der Waals surface area contributed by atoms with Gasteiger partial charge in [0.15, 0.2) is 0 Å². The highest BCUT2D eigenvalue weighted by molar-refractivity contribution is 6.24. The molecule has 0 N–H and O–H groups in total. The van der Waals surface area contributed by atoms with Gasteiger partial charge in [-0.1, -0.05) is 176 Å². The van der Waals surface area contributed by atoms with Crippen LogP contribution >= 0.6 is 0 Å². The Hall–Kier alpha value is -6.96. The van der Waals surface area contributed by atoms with E-state index in [1.54, 1.807) is 0 Å². The second-order valence-corrected chi connectivity index (χ2v) is 14.0. The van der Waals surface area contributed by atoms with Crippen LogP contribution in [0.25, 0.3) is 104 Å². The van der Waals surface area contributed by atoms with Crippen molar-refractivity contribution in [2.24, 2.45) is 0 Å². The minimum absolute atomic E-state index is 1.19.